The lowest BCUT2D eigenvalue weighted by Gasteiger charge is -2.14. The number of carbonyl (C=O) groups excluding carboxylic acids is 6. The van der Waals surface area contributed by atoms with Gasteiger partial charge in [-0.3, -0.25) is 28.8 Å². The summed E-state index contributed by atoms with van der Waals surface area (Å²) in [4.78, 5) is 75.1. The Labute approximate surface area is 377 Å². The molecule has 3 N–H and O–H groups in total. The van der Waals surface area contributed by atoms with E-state index in [1.165, 1.54) is 135 Å². The molecule has 0 unspecified atom stereocenters. The fourth-order valence-electron chi connectivity index (χ4n) is 7.15. The summed E-state index contributed by atoms with van der Waals surface area (Å²) in [7, 11) is 0. The van der Waals surface area contributed by atoms with Gasteiger partial charge in [0.25, 0.3) is 17.9 Å². The highest BCUT2D eigenvalue weighted by molar-refractivity contribution is 6.44. The molecule has 0 fully saturated rings. The third-order valence-corrected chi connectivity index (χ3v) is 12.4. The number of amides is 3. The Bertz CT molecular complexity index is 977. The van der Waals surface area contributed by atoms with E-state index in [0.29, 0.717) is 19.3 Å². The van der Waals surface area contributed by atoms with Gasteiger partial charge in [0.1, 0.15) is 19.6 Å². The number of nitrogens with one attached hydrogen (secondary N) is 3. The Hall–Kier alpha value is -2.65. The lowest BCUT2D eigenvalue weighted by atomic mass is 10.1. The predicted octanol–water partition coefficient (Wildman–Crippen LogP) is 11.1. The summed E-state index contributed by atoms with van der Waals surface area (Å²) < 4.78 is 15.7. The fraction of sp³-hybridized carbons (Fsp3) is 0.875. The number of hydrogen-bond donors (Lipinski definition) is 3. The van der Waals surface area contributed by atoms with E-state index in [1.807, 2.05) is 0 Å². The van der Waals surface area contributed by atoms with Gasteiger partial charge in [0, 0.05) is 19.3 Å². The first-order chi connectivity index (χ1) is 29.7. The SMILES string of the molecule is CCCCCCCCCCCCCC(=O)NCC(=O)[O][Al]([O]C(=O)CNC(=O)CCCCCCCCCCCCC)[O]C(=O)CNC(=O)CCCCCCCCCCCCC. The minimum Gasteiger partial charge on any atom is -0.549 e. The van der Waals surface area contributed by atoms with Gasteiger partial charge in [0.2, 0.25) is 17.7 Å². The molecule has 0 saturated carbocycles. The van der Waals surface area contributed by atoms with Gasteiger partial charge in [0.05, 0.1) is 0 Å². The largest absolute Gasteiger partial charge is 1.20 e. The van der Waals surface area contributed by atoms with Crippen LogP contribution in [0.2, 0.25) is 0 Å². The van der Waals surface area contributed by atoms with Crippen molar-refractivity contribution in [2.45, 2.75) is 252 Å². The first-order valence-corrected chi connectivity index (χ1v) is 26.5. The van der Waals surface area contributed by atoms with Gasteiger partial charge in [-0.2, -0.15) is 0 Å². The Balaban J connectivity index is 4.64. The van der Waals surface area contributed by atoms with Crippen molar-refractivity contribution < 1.29 is 40.1 Å². The van der Waals surface area contributed by atoms with Crippen LogP contribution in [0.4, 0.5) is 0 Å². The van der Waals surface area contributed by atoms with Crippen molar-refractivity contribution in [1.82, 2.24) is 16.0 Å². The van der Waals surface area contributed by atoms with E-state index in [2.05, 4.69) is 36.7 Å². The molecule has 0 aliphatic carbocycles. The van der Waals surface area contributed by atoms with Crippen LogP contribution in [0.1, 0.15) is 252 Å². The molecule has 12 nitrogen and oxygen atoms in total. The van der Waals surface area contributed by atoms with Crippen molar-refractivity contribution >= 4 is 50.8 Å². The summed E-state index contributed by atoms with van der Waals surface area (Å²) in [6, 6.07) is 0. The average molecular weight is 880 g/mol. The molecule has 13 heteroatoms. The third-order valence-electron chi connectivity index (χ3n) is 11.0. The molecule has 0 heterocycles. The van der Waals surface area contributed by atoms with Crippen LogP contribution in [-0.2, 0) is 40.1 Å². The number of hydrogen-bond acceptors (Lipinski definition) is 9. The first-order valence-electron chi connectivity index (χ1n) is 25.1. The Morgan fingerprint density at radius 1 is 0.295 bits per heavy atom. The summed E-state index contributed by atoms with van der Waals surface area (Å²) in [6.45, 7) is 5.21. The zero-order valence-electron chi connectivity index (χ0n) is 39.3. The highest BCUT2D eigenvalue weighted by atomic mass is 27.3. The molecule has 3 amide bonds. The van der Waals surface area contributed by atoms with Crippen LogP contribution in [0.25, 0.3) is 0 Å². The minimum atomic E-state index is -3.75. The quantitative estimate of drug-likeness (QED) is 0.0398. The molecule has 0 saturated heterocycles. The van der Waals surface area contributed by atoms with E-state index in [9.17, 15) is 28.8 Å². The maximum Gasteiger partial charge on any atom is 1.20 e. The van der Waals surface area contributed by atoms with Crippen molar-refractivity contribution in [1.29, 1.82) is 0 Å². The number of carbonyl (C=O) groups is 6. The second-order valence-corrected chi connectivity index (χ2v) is 18.2. The zero-order valence-corrected chi connectivity index (χ0v) is 40.5. The summed E-state index contributed by atoms with van der Waals surface area (Å²) in [5.41, 5.74) is 0. The van der Waals surface area contributed by atoms with Crippen LogP contribution < -0.4 is 16.0 Å². The molecule has 0 rings (SSSR count). The number of rotatable bonds is 45. The second kappa shape index (κ2) is 45.4. The second-order valence-electron chi connectivity index (χ2n) is 16.9. The van der Waals surface area contributed by atoms with Gasteiger partial charge in [0.15, 0.2) is 0 Å². The smallest absolute Gasteiger partial charge is 0.549 e. The van der Waals surface area contributed by atoms with Crippen molar-refractivity contribution in [2.75, 3.05) is 19.6 Å². The van der Waals surface area contributed by atoms with Gasteiger partial charge in [-0.25, -0.2) is 0 Å². The molecule has 354 valence electrons. The summed E-state index contributed by atoms with van der Waals surface area (Å²) in [5.74, 6) is -3.69. The Kier molecular flexibility index (Phi) is 43.4. The van der Waals surface area contributed by atoms with Gasteiger partial charge >= 0.3 is 15.1 Å². The van der Waals surface area contributed by atoms with Crippen LogP contribution in [0.3, 0.4) is 0 Å². The van der Waals surface area contributed by atoms with Gasteiger partial charge < -0.3 is 27.3 Å². The summed E-state index contributed by atoms with van der Waals surface area (Å²) in [5, 5.41) is 7.56. The molecular formula is C48H90AlN3O9. The topological polar surface area (TPSA) is 166 Å². The van der Waals surface area contributed by atoms with Crippen LogP contribution >= 0.6 is 0 Å². The van der Waals surface area contributed by atoms with E-state index >= 15 is 0 Å². The van der Waals surface area contributed by atoms with E-state index < -0.39 is 52.7 Å². The summed E-state index contributed by atoms with van der Waals surface area (Å²) in [6.07, 6.45) is 39.2. The van der Waals surface area contributed by atoms with Crippen LogP contribution in [-0.4, -0.2) is 70.4 Å². The van der Waals surface area contributed by atoms with E-state index in [0.717, 1.165) is 57.8 Å². The highest BCUT2D eigenvalue weighted by Crippen LogP contribution is 2.14. The number of unbranched alkanes of at least 4 members (excludes halogenated alkanes) is 30. The maximum atomic E-state index is 12.7. The Morgan fingerprint density at radius 3 is 0.672 bits per heavy atom. The van der Waals surface area contributed by atoms with Crippen molar-refractivity contribution in [3.05, 3.63) is 0 Å². The van der Waals surface area contributed by atoms with E-state index in [-0.39, 0.29) is 37.0 Å². The molecule has 0 atom stereocenters. The van der Waals surface area contributed by atoms with Crippen molar-refractivity contribution in [2.24, 2.45) is 0 Å². The fourth-order valence-corrected chi connectivity index (χ4v) is 8.18. The molecule has 0 aromatic carbocycles. The molecule has 0 spiro atoms. The third kappa shape index (κ3) is 43.8. The predicted molar refractivity (Wildman–Crippen MR) is 246 cm³/mol. The van der Waals surface area contributed by atoms with Crippen molar-refractivity contribution in [3.63, 3.8) is 0 Å². The molecule has 0 aromatic rings. The van der Waals surface area contributed by atoms with Crippen LogP contribution in [0, 0.1) is 0 Å². The lowest BCUT2D eigenvalue weighted by molar-refractivity contribution is -0.148. The molecule has 0 aliphatic heterocycles. The van der Waals surface area contributed by atoms with Crippen molar-refractivity contribution in [3.8, 4) is 0 Å². The molecule has 0 aliphatic rings. The lowest BCUT2D eigenvalue weighted by Crippen LogP contribution is -2.42. The molecule has 0 bridgehead atoms. The molecule has 0 aromatic heterocycles. The monoisotopic (exact) mass is 880 g/mol. The molecule has 0 radical (unpaired) electrons. The normalized spacial score (nSPS) is 10.9. The maximum absolute atomic E-state index is 12.7. The first kappa shape index (κ1) is 58.4. The van der Waals surface area contributed by atoms with E-state index in [1.54, 1.807) is 0 Å². The van der Waals surface area contributed by atoms with Gasteiger partial charge in [-0.15, -0.1) is 0 Å². The highest BCUT2D eigenvalue weighted by Gasteiger charge is 2.49. The van der Waals surface area contributed by atoms with Crippen LogP contribution in [0.15, 0.2) is 0 Å². The minimum absolute atomic E-state index is 0.271. The zero-order chi connectivity index (χ0) is 44.9. The molecule has 61 heavy (non-hydrogen) atoms. The average Bonchev–Trinajstić information content (AvgIpc) is 3.24. The van der Waals surface area contributed by atoms with E-state index in [4.69, 9.17) is 11.4 Å². The molecular weight excluding hydrogens is 790 g/mol. The van der Waals surface area contributed by atoms with Crippen LogP contribution in [0.5, 0.6) is 0 Å². The summed E-state index contributed by atoms with van der Waals surface area (Å²) >= 11 is -3.75. The standard InChI is InChI=1S/3C16H31NO3.Al/c3*1-2-3-4-5-6-7-8-9-10-11-12-13-15(18)17-14-16(19)20;/h3*2-14H2,1H3,(H,17,18)(H,19,20);/q;;;+3/p-3. The van der Waals surface area contributed by atoms with Gasteiger partial charge in [-0.1, -0.05) is 213 Å². The van der Waals surface area contributed by atoms with Gasteiger partial charge in [-0.05, 0) is 19.3 Å². The Morgan fingerprint density at radius 2 is 0.475 bits per heavy atom.